The topological polar surface area (TPSA) is 76.1 Å². The lowest BCUT2D eigenvalue weighted by Crippen LogP contribution is -2.40. The monoisotopic (exact) mass is 335 g/mol. The van der Waals surface area contributed by atoms with E-state index in [0.717, 1.165) is 16.9 Å². The highest BCUT2D eigenvalue weighted by molar-refractivity contribution is 5.80. The SMILES string of the molecule is COCC1(C(=O)O)CCN(C(=O)CCOc2cc(C)ccc2C)C1. The molecule has 0 saturated carbocycles. The molecule has 1 aliphatic rings. The quantitative estimate of drug-likeness (QED) is 0.825. The summed E-state index contributed by atoms with van der Waals surface area (Å²) < 4.78 is 10.7. The largest absolute Gasteiger partial charge is 0.493 e. The molecule has 1 unspecified atom stereocenters. The highest BCUT2D eigenvalue weighted by atomic mass is 16.5. The van der Waals surface area contributed by atoms with Crippen LogP contribution in [0, 0.1) is 19.3 Å². The van der Waals surface area contributed by atoms with Gasteiger partial charge < -0.3 is 19.5 Å². The summed E-state index contributed by atoms with van der Waals surface area (Å²) >= 11 is 0. The summed E-state index contributed by atoms with van der Waals surface area (Å²) in [6.45, 7) is 4.98. The molecule has 1 aromatic rings. The average molecular weight is 335 g/mol. The first kappa shape index (κ1) is 18.3. The Morgan fingerprint density at radius 2 is 2.08 bits per heavy atom. The molecule has 0 aromatic heterocycles. The van der Waals surface area contributed by atoms with Crippen LogP contribution in [-0.2, 0) is 14.3 Å². The third-order valence-corrected chi connectivity index (χ3v) is 4.50. The molecule has 0 spiro atoms. The van der Waals surface area contributed by atoms with Crippen molar-refractivity contribution in [3.8, 4) is 5.75 Å². The van der Waals surface area contributed by atoms with Gasteiger partial charge in [-0.15, -0.1) is 0 Å². The van der Waals surface area contributed by atoms with Gasteiger partial charge in [-0.3, -0.25) is 9.59 Å². The second-order valence-corrected chi connectivity index (χ2v) is 6.45. The Balaban J connectivity index is 1.87. The number of likely N-dealkylation sites (tertiary alicyclic amines) is 1. The molecule has 1 amide bonds. The Morgan fingerprint density at radius 3 is 2.75 bits per heavy atom. The van der Waals surface area contributed by atoms with Crippen molar-refractivity contribution in [2.45, 2.75) is 26.7 Å². The molecule has 6 nitrogen and oxygen atoms in total. The van der Waals surface area contributed by atoms with Crippen molar-refractivity contribution < 1.29 is 24.2 Å². The van der Waals surface area contributed by atoms with Crippen LogP contribution >= 0.6 is 0 Å². The molecule has 1 heterocycles. The van der Waals surface area contributed by atoms with Crippen LogP contribution in [0.4, 0.5) is 0 Å². The zero-order valence-electron chi connectivity index (χ0n) is 14.5. The molecule has 1 fully saturated rings. The van der Waals surface area contributed by atoms with Gasteiger partial charge in [-0.05, 0) is 37.5 Å². The van der Waals surface area contributed by atoms with Crippen molar-refractivity contribution in [2.24, 2.45) is 5.41 Å². The van der Waals surface area contributed by atoms with Crippen molar-refractivity contribution in [1.29, 1.82) is 0 Å². The fourth-order valence-electron chi connectivity index (χ4n) is 2.98. The standard InChI is InChI=1S/C18H25NO5/c1-13-4-5-14(2)15(10-13)24-9-6-16(20)19-8-7-18(11-19,12-23-3)17(21)22/h4-5,10H,6-9,11-12H2,1-3H3,(H,21,22). The number of carboxylic acid groups (broad SMARTS) is 1. The maximum atomic E-state index is 12.3. The summed E-state index contributed by atoms with van der Waals surface area (Å²) in [6, 6.07) is 5.95. The zero-order chi connectivity index (χ0) is 17.7. The fourth-order valence-corrected chi connectivity index (χ4v) is 2.98. The van der Waals surface area contributed by atoms with Crippen LogP contribution < -0.4 is 4.74 Å². The first-order valence-electron chi connectivity index (χ1n) is 8.08. The van der Waals surface area contributed by atoms with Gasteiger partial charge >= 0.3 is 5.97 Å². The molecule has 132 valence electrons. The first-order chi connectivity index (χ1) is 11.4. The smallest absolute Gasteiger partial charge is 0.313 e. The van der Waals surface area contributed by atoms with Gasteiger partial charge in [-0.2, -0.15) is 0 Å². The van der Waals surface area contributed by atoms with Gasteiger partial charge in [0.1, 0.15) is 11.2 Å². The molecule has 24 heavy (non-hydrogen) atoms. The predicted molar refractivity (Wildman–Crippen MR) is 89.2 cm³/mol. The van der Waals surface area contributed by atoms with E-state index in [0.29, 0.717) is 13.0 Å². The third-order valence-electron chi connectivity index (χ3n) is 4.50. The lowest BCUT2D eigenvalue weighted by atomic mass is 9.88. The zero-order valence-corrected chi connectivity index (χ0v) is 14.5. The van der Waals surface area contributed by atoms with Crippen LogP contribution in [0.5, 0.6) is 5.75 Å². The van der Waals surface area contributed by atoms with Gasteiger partial charge in [0.2, 0.25) is 5.91 Å². The Bertz CT molecular complexity index is 615. The third kappa shape index (κ3) is 4.06. The maximum Gasteiger partial charge on any atom is 0.313 e. The molecule has 0 aliphatic carbocycles. The Morgan fingerprint density at radius 1 is 1.33 bits per heavy atom. The highest BCUT2D eigenvalue weighted by Gasteiger charge is 2.46. The number of aliphatic carboxylic acids is 1. The molecular formula is C18H25NO5. The number of ether oxygens (including phenoxy) is 2. The number of rotatable bonds is 7. The van der Waals surface area contributed by atoms with Crippen molar-refractivity contribution in [3.05, 3.63) is 29.3 Å². The molecular weight excluding hydrogens is 310 g/mol. The van der Waals surface area contributed by atoms with Gasteiger partial charge in [0.05, 0.1) is 19.6 Å². The number of carbonyl (C=O) groups is 2. The van der Waals surface area contributed by atoms with Crippen LogP contribution in [0.15, 0.2) is 18.2 Å². The molecule has 1 aliphatic heterocycles. The Kier molecular flexibility index (Phi) is 5.83. The molecule has 1 atom stereocenters. The summed E-state index contributed by atoms with van der Waals surface area (Å²) in [5.41, 5.74) is 1.14. The van der Waals surface area contributed by atoms with E-state index in [1.165, 1.54) is 7.11 Å². The summed E-state index contributed by atoms with van der Waals surface area (Å²) in [5, 5.41) is 9.43. The van der Waals surface area contributed by atoms with Gasteiger partial charge in [0, 0.05) is 20.2 Å². The van der Waals surface area contributed by atoms with Crippen LogP contribution in [0.25, 0.3) is 0 Å². The molecule has 1 saturated heterocycles. The van der Waals surface area contributed by atoms with E-state index in [1.807, 2.05) is 32.0 Å². The number of methoxy groups -OCH3 is 1. The van der Waals surface area contributed by atoms with Crippen molar-refractivity contribution in [1.82, 2.24) is 4.90 Å². The molecule has 0 radical (unpaired) electrons. The van der Waals surface area contributed by atoms with E-state index in [2.05, 4.69) is 0 Å². The molecule has 6 heteroatoms. The lowest BCUT2D eigenvalue weighted by Gasteiger charge is -2.23. The van der Waals surface area contributed by atoms with Crippen LogP contribution in [0.2, 0.25) is 0 Å². The van der Waals surface area contributed by atoms with E-state index in [-0.39, 0.29) is 32.1 Å². The number of hydrogen-bond donors (Lipinski definition) is 1. The average Bonchev–Trinajstić information content (AvgIpc) is 2.97. The first-order valence-corrected chi connectivity index (χ1v) is 8.08. The molecule has 0 bridgehead atoms. The molecule has 2 rings (SSSR count). The van der Waals surface area contributed by atoms with Crippen molar-refractivity contribution >= 4 is 11.9 Å². The Labute approximate surface area is 142 Å². The van der Waals surface area contributed by atoms with E-state index < -0.39 is 11.4 Å². The number of benzene rings is 1. The number of carbonyl (C=O) groups excluding carboxylic acids is 1. The molecule has 1 aromatic carbocycles. The van der Waals surface area contributed by atoms with Crippen LogP contribution in [-0.4, -0.2) is 55.3 Å². The van der Waals surface area contributed by atoms with Crippen molar-refractivity contribution in [3.63, 3.8) is 0 Å². The van der Waals surface area contributed by atoms with E-state index in [9.17, 15) is 14.7 Å². The minimum absolute atomic E-state index is 0.0838. The summed E-state index contributed by atoms with van der Waals surface area (Å²) in [6.07, 6.45) is 0.649. The maximum absolute atomic E-state index is 12.3. The second kappa shape index (κ2) is 7.66. The number of aryl methyl sites for hydroxylation is 2. The van der Waals surface area contributed by atoms with Crippen molar-refractivity contribution in [2.75, 3.05) is 33.4 Å². The van der Waals surface area contributed by atoms with E-state index >= 15 is 0 Å². The fraction of sp³-hybridized carbons (Fsp3) is 0.556. The van der Waals surface area contributed by atoms with E-state index in [1.54, 1.807) is 4.90 Å². The molecule has 1 N–H and O–H groups in total. The highest BCUT2D eigenvalue weighted by Crippen LogP contribution is 2.31. The summed E-state index contributed by atoms with van der Waals surface area (Å²) in [4.78, 5) is 25.4. The van der Waals surface area contributed by atoms with Gasteiger partial charge in [-0.25, -0.2) is 0 Å². The Hall–Kier alpha value is -2.08. The number of hydrogen-bond acceptors (Lipinski definition) is 4. The van der Waals surface area contributed by atoms with Crippen LogP contribution in [0.3, 0.4) is 0 Å². The summed E-state index contributed by atoms with van der Waals surface area (Å²) in [5.74, 6) is -0.214. The van der Waals surface area contributed by atoms with Gasteiger partial charge in [-0.1, -0.05) is 12.1 Å². The van der Waals surface area contributed by atoms with Crippen LogP contribution in [0.1, 0.15) is 24.0 Å². The van der Waals surface area contributed by atoms with E-state index in [4.69, 9.17) is 9.47 Å². The summed E-state index contributed by atoms with van der Waals surface area (Å²) in [7, 11) is 1.48. The normalized spacial score (nSPS) is 20.2. The lowest BCUT2D eigenvalue weighted by molar-refractivity contribution is -0.151. The number of carboxylic acids is 1. The number of nitrogens with zero attached hydrogens (tertiary/aromatic N) is 1. The number of amides is 1. The minimum atomic E-state index is -0.988. The minimum Gasteiger partial charge on any atom is -0.493 e. The van der Waals surface area contributed by atoms with Gasteiger partial charge in [0.15, 0.2) is 0 Å². The predicted octanol–water partition coefficient (Wildman–Crippen LogP) is 2.02. The van der Waals surface area contributed by atoms with Gasteiger partial charge in [0.25, 0.3) is 0 Å². The second-order valence-electron chi connectivity index (χ2n) is 6.45.